The van der Waals surface area contributed by atoms with Crippen molar-refractivity contribution in [2.24, 2.45) is 5.41 Å². The average molecular weight is 264 g/mol. The molecule has 2 N–H and O–H groups in total. The largest absolute Gasteiger partial charge is 0.392 e. The Morgan fingerprint density at radius 2 is 2.37 bits per heavy atom. The van der Waals surface area contributed by atoms with E-state index in [0.717, 1.165) is 12.8 Å². The minimum absolute atomic E-state index is 0.187. The summed E-state index contributed by atoms with van der Waals surface area (Å²) in [6, 6.07) is 4.02. The number of H-pyrrole nitrogens is 1. The molecule has 1 unspecified atom stereocenters. The number of carbonyl (C=O) groups excluding carboxylic acids is 1. The van der Waals surface area contributed by atoms with E-state index in [1.807, 2.05) is 37.1 Å². The molecule has 2 heterocycles. The molecule has 4 nitrogen and oxygen atoms in total. The molecule has 19 heavy (non-hydrogen) atoms. The Hall–Kier alpha value is -1.29. The highest BCUT2D eigenvalue weighted by Gasteiger charge is 2.35. The van der Waals surface area contributed by atoms with Gasteiger partial charge in [0.05, 0.1) is 6.10 Å². The number of carbonyl (C=O) groups is 1. The maximum atomic E-state index is 12.2. The fourth-order valence-corrected chi connectivity index (χ4v) is 2.67. The lowest BCUT2D eigenvalue weighted by Gasteiger charge is -2.41. The molecule has 1 amide bonds. The zero-order valence-electron chi connectivity index (χ0n) is 11.9. The number of piperidine rings is 1. The molecule has 1 saturated heterocycles. The topological polar surface area (TPSA) is 56.3 Å². The Balaban J connectivity index is 1.77. The van der Waals surface area contributed by atoms with Gasteiger partial charge in [-0.2, -0.15) is 0 Å². The highest BCUT2D eigenvalue weighted by Crippen LogP contribution is 2.29. The standard InChI is InChI=1S/C15H24N2O2/c1-15(2)11-17(10-8-13(15)18)14(19)7-3-5-12-6-4-9-16-12/h4,6,9,13,16,18H,3,5,7-8,10-11H2,1-2H3. The van der Waals surface area contributed by atoms with Gasteiger partial charge in [0.25, 0.3) is 0 Å². The van der Waals surface area contributed by atoms with Crippen molar-refractivity contribution in [3.05, 3.63) is 24.0 Å². The van der Waals surface area contributed by atoms with E-state index in [4.69, 9.17) is 0 Å². The van der Waals surface area contributed by atoms with Gasteiger partial charge < -0.3 is 15.0 Å². The molecule has 4 heteroatoms. The Labute approximate surface area is 114 Å². The molecule has 1 atom stereocenters. The molecule has 0 aliphatic carbocycles. The summed E-state index contributed by atoms with van der Waals surface area (Å²) in [7, 11) is 0. The first kappa shape index (κ1) is 14.1. The lowest BCUT2D eigenvalue weighted by Crippen LogP contribution is -2.50. The maximum absolute atomic E-state index is 12.2. The quantitative estimate of drug-likeness (QED) is 0.873. The van der Waals surface area contributed by atoms with E-state index in [2.05, 4.69) is 4.98 Å². The molecule has 0 spiro atoms. The lowest BCUT2D eigenvalue weighted by molar-refractivity contribution is -0.137. The predicted octanol–water partition coefficient (Wildman–Crippen LogP) is 1.96. The minimum Gasteiger partial charge on any atom is -0.392 e. The van der Waals surface area contributed by atoms with Crippen LogP contribution < -0.4 is 0 Å². The van der Waals surface area contributed by atoms with Crippen molar-refractivity contribution in [2.45, 2.75) is 45.6 Å². The molecule has 1 aliphatic rings. The van der Waals surface area contributed by atoms with Crippen LogP contribution in [0.4, 0.5) is 0 Å². The van der Waals surface area contributed by atoms with Gasteiger partial charge in [0.15, 0.2) is 0 Å². The van der Waals surface area contributed by atoms with Crippen molar-refractivity contribution in [1.82, 2.24) is 9.88 Å². The molecule has 0 bridgehead atoms. The van der Waals surface area contributed by atoms with Crippen LogP contribution in [-0.2, 0) is 11.2 Å². The van der Waals surface area contributed by atoms with E-state index in [-0.39, 0.29) is 17.4 Å². The summed E-state index contributed by atoms with van der Waals surface area (Å²) < 4.78 is 0. The molecular formula is C15H24N2O2. The van der Waals surface area contributed by atoms with Crippen LogP contribution in [0.2, 0.25) is 0 Å². The summed E-state index contributed by atoms with van der Waals surface area (Å²) in [5.74, 6) is 0.214. The number of amides is 1. The Morgan fingerprint density at radius 3 is 3.00 bits per heavy atom. The van der Waals surface area contributed by atoms with E-state index in [1.165, 1.54) is 5.69 Å². The summed E-state index contributed by atoms with van der Waals surface area (Å²) in [5, 5.41) is 9.90. The molecule has 0 aromatic carbocycles. The van der Waals surface area contributed by atoms with E-state index >= 15 is 0 Å². The maximum Gasteiger partial charge on any atom is 0.222 e. The Bertz CT molecular complexity index is 412. The fraction of sp³-hybridized carbons (Fsp3) is 0.667. The van der Waals surface area contributed by atoms with Crippen LogP contribution in [0.3, 0.4) is 0 Å². The molecule has 0 radical (unpaired) electrons. The van der Waals surface area contributed by atoms with Crippen molar-refractivity contribution >= 4 is 5.91 Å². The van der Waals surface area contributed by atoms with Crippen LogP contribution in [0.1, 0.15) is 38.8 Å². The molecule has 1 aliphatic heterocycles. The number of aromatic amines is 1. The van der Waals surface area contributed by atoms with E-state index in [9.17, 15) is 9.90 Å². The van der Waals surface area contributed by atoms with Crippen molar-refractivity contribution < 1.29 is 9.90 Å². The highest BCUT2D eigenvalue weighted by molar-refractivity contribution is 5.76. The number of likely N-dealkylation sites (tertiary alicyclic amines) is 1. The van der Waals surface area contributed by atoms with Crippen LogP contribution in [0.25, 0.3) is 0 Å². The first-order valence-corrected chi connectivity index (χ1v) is 7.07. The Morgan fingerprint density at radius 1 is 1.58 bits per heavy atom. The summed E-state index contributed by atoms with van der Waals surface area (Å²) in [6.45, 7) is 5.40. The van der Waals surface area contributed by atoms with Crippen LogP contribution in [0.5, 0.6) is 0 Å². The number of aromatic nitrogens is 1. The average Bonchev–Trinajstić information content (AvgIpc) is 2.85. The summed E-state index contributed by atoms with van der Waals surface area (Å²) in [4.78, 5) is 17.2. The summed E-state index contributed by atoms with van der Waals surface area (Å²) >= 11 is 0. The van der Waals surface area contributed by atoms with Crippen LogP contribution in [0, 0.1) is 5.41 Å². The van der Waals surface area contributed by atoms with Gasteiger partial charge in [-0.1, -0.05) is 13.8 Å². The van der Waals surface area contributed by atoms with Gasteiger partial charge in [-0.15, -0.1) is 0 Å². The molecule has 1 aromatic heterocycles. The smallest absolute Gasteiger partial charge is 0.222 e. The fourth-order valence-electron chi connectivity index (χ4n) is 2.67. The second-order valence-electron chi connectivity index (χ2n) is 6.16. The second-order valence-corrected chi connectivity index (χ2v) is 6.16. The van der Waals surface area contributed by atoms with Crippen LogP contribution >= 0.6 is 0 Å². The molecule has 1 fully saturated rings. The second kappa shape index (κ2) is 5.78. The summed E-state index contributed by atoms with van der Waals surface area (Å²) in [5.41, 5.74) is 0.995. The first-order chi connectivity index (χ1) is 8.99. The third-order valence-electron chi connectivity index (χ3n) is 4.02. The third-order valence-corrected chi connectivity index (χ3v) is 4.02. The monoisotopic (exact) mass is 264 g/mol. The predicted molar refractivity (Wildman–Crippen MR) is 74.7 cm³/mol. The number of nitrogens with zero attached hydrogens (tertiary/aromatic N) is 1. The molecule has 2 rings (SSSR count). The number of rotatable bonds is 4. The number of aliphatic hydroxyl groups is 1. The molecular weight excluding hydrogens is 240 g/mol. The van der Waals surface area contributed by atoms with E-state index < -0.39 is 0 Å². The van der Waals surface area contributed by atoms with Crippen molar-refractivity contribution in [3.63, 3.8) is 0 Å². The number of hydrogen-bond donors (Lipinski definition) is 2. The molecule has 1 aromatic rings. The molecule has 0 saturated carbocycles. The van der Waals surface area contributed by atoms with Crippen LogP contribution in [-0.4, -0.2) is 40.1 Å². The third kappa shape index (κ3) is 3.60. The van der Waals surface area contributed by atoms with E-state index in [1.54, 1.807) is 0 Å². The first-order valence-electron chi connectivity index (χ1n) is 7.07. The van der Waals surface area contributed by atoms with Crippen molar-refractivity contribution in [1.29, 1.82) is 0 Å². The van der Waals surface area contributed by atoms with Gasteiger partial charge >= 0.3 is 0 Å². The van der Waals surface area contributed by atoms with Crippen LogP contribution in [0.15, 0.2) is 18.3 Å². The number of hydrogen-bond acceptors (Lipinski definition) is 2. The van der Waals surface area contributed by atoms with Gasteiger partial charge in [0, 0.05) is 36.8 Å². The minimum atomic E-state index is -0.296. The van der Waals surface area contributed by atoms with Gasteiger partial charge in [-0.05, 0) is 31.4 Å². The molecule has 106 valence electrons. The normalized spacial score (nSPS) is 22.5. The summed E-state index contributed by atoms with van der Waals surface area (Å²) in [6.07, 6.45) is 4.68. The van der Waals surface area contributed by atoms with Gasteiger partial charge in [-0.25, -0.2) is 0 Å². The van der Waals surface area contributed by atoms with Crippen molar-refractivity contribution in [2.75, 3.05) is 13.1 Å². The SMILES string of the molecule is CC1(C)CN(C(=O)CCCc2ccc[nH]2)CCC1O. The number of nitrogens with one attached hydrogen (secondary N) is 1. The Kier molecular flexibility index (Phi) is 4.30. The van der Waals surface area contributed by atoms with Crippen molar-refractivity contribution in [3.8, 4) is 0 Å². The number of aryl methyl sites for hydroxylation is 1. The zero-order chi connectivity index (χ0) is 13.9. The van der Waals surface area contributed by atoms with Gasteiger partial charge in [-0.3, -0.25) is 4.79 Å². The van der Waals surface area contributed by atoms with Gasteiger partial charge in [0.1, 0.15) is 0 Å². The number of aliphatic hydroxyl groups excluding tert-OH is 1. The lowest BCUT2D eigenvalue weighted by atomic mass is 9.81. The van der Waals surface area contributed by atoms with E-state index in [0.29, 0.717) is 25.9 Å². The highest BCUT2D eigenvalue weighted by atomic mass is 16.3. The van der Waals surface area contributed by atoms with Gasteiger partial charge in [0.2, 0.25) is 5.91 Å². The zero-order valence-corrected chi connectivity index (χ0v) is 11.9.